The van der Waals surface area contributed by atoms with Gasteiger partial charge in [0.1, 0.15) is 12.4 Å². The van der Waals surface area contributed by atoms with Gasteiger partial charge in [-0.1, -0.05) is 6.07 Å². The molecule has 192 valence electrons. The third-order valence-corrected chi connectivity index (χ3v) is 7.30. The van der Waals surface area contributed by atoms with Gasteiger partial charge in [0.05, 0.1) is 37.8 Å². The fraction of sp³-hybridized carbons (Fsp3) is 0.667. The second kappa shape index (κ2) is 13.5. The number of methoxy groups -OCH3 is 1. The summed E-state index contributed by atoms with van der Waals surface area (Å²) in [5.41, 5.74) is 0.118. The second-order valence-electron chi connectivity index (χ2n) is 9.02. The minimum absolute atomic E-state index is 0. The zero-order valence-electron chi connectivity index (χ0n) is 19.8. The van der Waals surface area contributed by atoms with Gasteiger partial charge in [0, 0.05) is 25.7 Å². The number of hydrogen-bond acceptors (Lipinski definition) is 7. The zero-order valence-corrected chi connectivity index (χ0v) is 21.4. The maximum absolute atomic E-state index is 13.3. The first kappa shape index (κ1) is 28.7. The second-order valence-corrected chi connectivity index (χ2v) is 9.02. The molecule has 1 aromatic rings. The molecule has 2 saturated heterocycles. The molecule has 1 saturated carbocycles. The number of rotatable bonds is 7. The van der Waals surface area contributed by atoms with Gasteiger partial charge < -0.3 is 24.8 Å². The van der Waals surface area contributed by atoms with Crippen LogP contribution in [-0.4, -0.2) is 82.5 Å². The summed E-state index contributed by atoms with van der Waals surface area (Å²) < 4.78 is 16.0. The van der Waals surface area contributed by atoms with Crippen molar-refractivity contribution in [2.45, 2.75) is 31.7 Å². The summed E-state index contributed by atoms with van der Waals surface area (Å²) in [5.74, 6) is 0.736. The topological polar surface area (TPSA) is 89.1 Å². The van der Waals surface area contributed by atoms with Crippen molar-refractivity contribution in [3.05, 3.63) is 29.8 Å². The van der Waals surface area contributed by atoms with Gasteiger partial charge >= 0.3 is 5.97 Å². The predicted molar refractivity (Wildman–Crippen MR) is 134 cm³/mol. The van der Waals surface area contributed by atoms with E-state index in [1.807, 2.05) is 0 Å². The predicted octanol–water partition coefficient (Wildman–Crippen LogP) is 2.29. The van der Waals surface area contributed by atoms with Gasteiger partial charge in [-0.3, -0.25) is 9.69 Å². The number of halogens is 2. The fourth-order valence-corrected chi connectivity index (χ4v) is 5.51. The molecule has 0 spiro atoms. The Bertz CT molecular complexity index is 809. The molecule has 0 radical (unpaired) electrons. The summed E-state index contributed by atoms with van der Waals surface area (Å²) in [6, 6.07) is 7.45. The Morgan fingerprint density at radius 2 is 2.03 bits per heavy atom. The monoisotopic (exact) mass is 517 g/mol. The van der Waals surface area contributed by atoms with Gasteiger partial charge in [0.25, 0.3) is 0 Å². The fourth-order valence-electron chi connectivity index (χ4n) is 5.51. The van der Waals surface area contributed by atoms with Crippen molar-refractivity contribution in [2.75, 3.05) is 59.7 Å². The maximum Gasteiger partial charge on any atom is 0.337 e. The van der Waals surface area contributed by atoms with Crippen LogP contribution in [-0.2, 0) is 14.3 Å². The molecular formula is C24H37Cl2N3O5. The van der Waals surface area contributed by atoms with E-state index in [0.717, 1.165) is 65.1 Å². The Kier molecular flexibility index (Phi) is 11.4. The molecular weight excluding hydrogens is 481 g/mol. The summed E-state index contributed by atoms with van der Waals surface area (Å²) in [7, 11) is 1.35. The number of esters is 1. The van der Waals surface area contributed by atoms with Crippen LogP contribution in [0.4, 0.5) is 0 Å². The number of nitrogens with one attached hydrogen (secondary N) is 2. The first-order valence-electron chi connectivity index (χ1n) is 11.7. The number of carbonyl (C=O) groups is 2. The molecule has 8 nitrogen and oxygen atoms in total. The zero-order chi connectivity index (χ0) is 22.4. The van der Waals surface area contributed by atoms with Crippen LogP contribution in [0.1, 0.15) is 36.0 Å². The first-order valence-corrected chi connectivity index (χ1v) is 11.7. The molecule has 0 bridgehead atoms. The van der Waals surface area contributed by atoms with Gasteiger partial charge in [-0.25, -0.2) is 4.79 Å². The van der Waals surface area contributed by atoms with E-state index in [1.54, 1.807) is 24.3 Å². The molecule has 4 rings (SSSR count). The quantitative estimate of drug-likeness (QED) is 0.423. The van der Waals surface area contributed by atoms with E-state index in [9.17, 15) is 9.59 Å². The SMILES string of the molecule is COC(=O)c1cccc(OCCNC(=O)[C@@]23CC[C@H](N4CCOCC4)C[C@H]2CCNC3)c1.Cl.Cl. The standard InChI is InChI=1S/C24H35N3O5.2ClH/c1-30-22(28)18-3-2-4-21(15-18)32-12-9-26-23(29)24-7-5-20(27-10-13-31-14-11-27)16-19(24)6-8-25-17-24;;/h2-4,15,19-20,25H,5-14,16-17H2,1H3,(H,26,29);2*1H/t19-,20+,24-;;/m1../s1. The van der Waals surface area contributed by atoms with E-state index in [0.29, 0.717) is 36.4 Å². The number of carbonyl (C=O) groups excluding carboxylic acids is 2. The van der Waals surface area contributed by atoms with Crippen LogP contribution in [0.15, 0.2) is 24.3 Å². The minimum atomic E-state index is -0.397. The third-order valence-electron chi connectivity index (χ3n) is 7.30. The molecule has 2 heterocycles. The van der Waals surface area contributed by atoms with Crippen molar-refractivity contribution < 1.29 is 23.8 Å². The van der Waals surface area contributed by atoms with Crippen LogP contribution in [0.5, 0.6) is 5.75 Å². The molecule has 34 heavy (non-hydrogen) atoms. The molecule has 1 aliphatic carbocycles. The van der Waals surface area contributed by atoms with Crippen molar-refractivity contribution >= 4 is 36.7 Å². The highest BCUT2D eigenvalue weighted by Gasteiger charge is 2.50. The lowest BCUT2D eigenvalue weighted by Gasteiger charge is -2.50. The highest BCUT2D eigenvalue weighted by molar-refractivity contribution is 5.89. The van der Waals surface area contributed by atoms with Gasteiger partial charge in [0.15, 0.2) is 0 Å². The molecule has 3 aliphatic rings. The Hall–Kier alpha value is -1.58. The van der Waals surface area contributed by atoms with E-state index < -0.39 is 5.97 Å². The number of ether oxygens (including phenoxy) is 3. The van der Waals surface area contributed by atoms with Gasteiger partial charge in [-0.2, -0.15) is 0 Å². The highest BCUT2D eigenvalue weighted by atomic mass is 35.5. The Morgan fingerprint density at radius 1 is 1.24 bits per heavy atom. The number of hydrogen-bond donors (Lipinski definition) is 2. The minimum Gasteiger partial charge on any atom is -0.492 e. The molecule has 0 aromatic heterocycles. The summed E-state index contributed by atoms with van der Waals surface area (Å²) >= 11 is 0. The van der Waals surface area contributed by atoms with Crippen LogP contribution in [0.2, 0.25) is 0 Å². The van der Waals surface area contributed by atoms with Crippen molar-refractivity contribution in [2.24, 2.45) is 11.3 Å². The molecule has 3 atom stereocenters. The van der Waals surface area contributed by atoms with Crippen LogP contribution < -0.4 is 15.4 Å². The van der Waals surface area contributed by atoms with Gasteiger partial charge in [0.2, 0.25) is 5.91 Å². The normalized spacial score (nSPS) is 26.7. The average molecular weight is 518 g/mol. The Labute approximate surface area is 214 Å². The molecule has 10 heteroatoms. The van der Waals surface area contributed by atoms with Crippen molar-refractivity contribution in [1.29, 1.82) is 0 Å². The Balaban J connectivity index is 0.00000204. The van der Waals surface area contributed by atoms with Gasteiger partial charge in [-0.05, 0) is 56.3 Å². The van der Waals surface area contributed by atoms with E-state index >= 15 is 0 Å². The lowest BCUT2D eigenvalue weighted by molar-refractivity contribution is -0.140. The summed E-state index contributed by atoms with van der Waals surface area (Å²) in [5, 5.41) is 6.60. The van der Waals surface area contributed by atoms with Gasteiger partial charge in [-0.15, -0.1) is 24.8 Å². The number of benzene rings is 1. The van der Waals surface area contributed by atoms with Crippen molar-refractivity contribution in [3.63, 3.8) is 0 Å². The largest absolute Gasteiger partial charge is 0.492 e. The van der Waals surface area contributed by atoms with Crippen LogP contribution in [0, 0.1) is 11.3 Å². The first-order chi connectivity index (χ1) is 15.6. The van der Waals surface area contributed by atoms with Crippen LogP contribution in [0.25, 0.3) is 0 Å². The molecule has 2 aliphatic heterocycles. The van der Waals surface area contributed by atoms with Crippen molar-refractivity contribution in [1.82, 2.24) is 15.5 Å². The summed E-state index contributed by atoms with van der Waals surface area (Å²) in [6.45, 7) is 6.15. The molecule has 0 unspecified atom stereocenters. The molecule has 1 amide bonds. The van der Waals surface area contributed by atoms with E-state index in [1.165, 1.54) is 7.11 Å². The van der Waals surface area contributed by atoms with Crippen LogP contribution >= 0.6 is 24.8 Å². The number of morpholine rings is 1. The number of piperidine rings is 1. The van der Waals surface area contributed by atoms with E-state index in [4.69, 9.17) is 14.2 Å². The van der Waals surface area contributed by atoms with E-state index in [-0.39, 0.29) is 36.1 Å². The third kappa shape index (κ3) is 6.55. The number of fused-ring (bicyclic) bond motifs is 1. The highest BCUT2D eigenvalue weighted by Crippen LogP contribution is 2.46. The summed E-state index contributed by atoms with van der Waals surface area (Å²) in [6.07, 6.45) is 4.11. The van der Waals surface area contributed by atoms with E-state index in [2.05, 4.69) is 15.5 Å². The lowest BCUT2D eigenvalue weighted by Crippen LogP contribution is -2.60. The molecule has 2 N–H and O–H groups in total. The smallest absolute Gasteiger partial charge is 0.337 e. The van der Waals surface area contributed by atoms with Crippen molar-refractivity contribution in [3.8, 4) is 5.75 Å². The van der Waals surface area contributed by atoms with Crippen LogP contribution in [0.3, 0.4) is 0 Å². The molecule has 3 fully saturated rings. The average Bonchev–Trinajstić information content (AvgIpc) is 2.86. The molecule has 1 aromatic carbocycles. The number of amides is 1. The lowest BCUT2D eigenvalue weighted by atomic mass is 9.61. The summed E-state index contributed by atoms with van der Waals surface area (Å²) in [4.78, 5) is 27.6. The maximum atomic E-state index is 13.3. The number of nitrogens with zero attached hydrogens (tertiary/aromatic N) is 1. The Morgan fingerprint density at radius 3 is 2.79 bits per heavy atom.